The van der Waals surface area contributed by atoms with Crippen LogP contribution in [-0.4, -0.2) is 39.9 Å². The van der Waals surface area contributed by atoms with Crippen LogP contribution >= 0.6 is 23.2 Å². The lowest BCUT2D eigenvalue weighted by Crippen LogP contribution is -2.31. The highest BCUT2D eigenvalue weighted by atomic mass is 35.5. The van der Waals surface area contributed by atoms with Gasteiger partial charge in [-0.05, 0) is 37.3 Å². The average Bonchev–Trinajstić information content (AvgIpc) is 3.33. The minimum Gasteiger partial charge on any atom is -0.497 e. The molecule has 1 aliphatic heterocycles. The van der Waals surface area contributed by atoms with E-state index in [2.05, 4.69) is 15.6 Å². The zero-order valence-corrected chi connectivity index (χ0v) is 21.6. The Bertz CT molecular complexity index is 1500. The topological polar surface area (TPSA) is 103 Å². The van der Waals surface area contributed by atoms with Gasteiger partial charge in [-0.2, -0.15) is 4.98 Å². The molecular weight excluding hydrogens is 515 g/mol. The molecule has 2 aromatic heterocycles. The molecule has 2 N–H and O–H groups in total. The summed E-state index contributed by atoms with van der Waals surface area (Å²) in [4.78, 5) is 22.4. The first-order valence-electron chi connectivity index (χ1n) is 11.2. The van der Waals surface area contributed by atoms with Crippen LogP contribution in [0.2, 0.25) is 10.0 Å². The monoisotopic (exact) mass is 536 g/mol. The molecule has 188 valence electrons. The molecule has 11 heteroatoms. The number of rotatable bonds is 6. The predicted molar refractivity (Wildman–Crippen MR) is 142 cm³/mol. The quantitative estimate of drug-likeness (QED) is 0.331. The number of halogens is 2. The molecule has 0 fully saturated rings. The number of nitrogens with one attached hydrogen (secondary N) is 2. The molecule has 37 heavy (non-hydrogen) atoms. The van der Waals surface area contributed by atoms with E-state index in [1.165, 1.54) is 0 Å². The fourth-order valence-electron chi connectivity index (χ4n) is 4.16. The van der Waals surface area contributed by atoms with Gasteiger partial charge in [0.15, 0.2) is 5.82 Å². The third-order valence-corrected chi connectivity index (χ3v) is 6.74. The first-order chi connectivity index (χ1) is 17.9. The van der Waals surface area contributed by atoms with E-state index in [9.17, 15) is 4.79 Å². The number of aromatic nitrogens is 4. The van der Waals surface area contributed by atoms with E-state index < -0.39 is 6.04 Å². The van der Waals surface area contributed by atoms with Crippen molar-refractivity contribution in [2.24, 2.45) is 0 Å². The Balaban J connectivity index is 1.65. The second-order valence-corrected chi connectivity index (χ2v) is 9.00. The van der Waals surface area contributed by atoms with E-state index in [-0.39, 0.29) is 5.91 Å². The van der Waals surface area contributed by atoms with Crippen LogP contribution in [0.4, 0.5) is 11.6 Å². The average molecular weight is 537 g/mol. The molecular formula is C26H22Cl2N6O3. The van der Waals surface area contributed by atoms with E-state index in [1.54, 1.807) is 68.6 Å². The minimum absolute atomic E-state index is 0.321. The van der Waals surface area contributed by atoms with Gasteiger partial charge in [-0.3, -0.25) is 9.78 Å². The molecule has 0 saturated carbocycles. The van der Waals surface area contributed by atoms with Crippen LogP contribution in [0.5, 0.6) is 11.5 Å². The number of anilines is 2. The fourth-order valence-corrected chi connectivity index (χ4v) is 4.57. The molecule has 3 heterocycles. The van der Waals surface area contributed by atoms with Gasteiger partial charge in [0, 0.05) is 29.1 Å². The second-order valence-electron chi connectivity index (χ2n) is 8.21. The Morgan fingerprint density at radius 1 is 1.08 bits per heavy atom. The number of carbonyl (C=O) groups is 1. The number of benzene rings is 2. The number of hydrogen-bond acceptors (Lipinski definition) is 7. The third-order valence-electron chi connectivity index (χ3n) is 5.90. The van der Waals surface area contributed by atoms with Gasteiger partial charge < -0.3 is 20.1 Å². The van der Waals surface area contributed by atoms with Gasteiger partial charge in [-0.1, -0.05) is 35.3 Å². The summed E-state index contributed by atoms with van der Waals surface area (Å²) in [6, 6.07) is 13.4. The summed E-state index contributed by atoms with van der Waals surface area (Å²) in [5.74, 6) is 1.69. The maximum atomic E-state index is 13.6. The number of hydrogen-bond donors (Lipinski definition) is 2. The molecule has 0 bridgehead atoms. The van der Waals surface area contributed by atoms with Crippen molar-refractivity contribution in [3.05, 3.63) is 87.8 Å². The molecule has 9 nitrogen and oxygen atoms in total. The van der Waals surface area contributed by atoms with Crippen molar-refractivity contribution >= 4 is 40.7 Å². The van der Waals surface area contributed by atoms with Gasteiger partial charge in [-0.15, -0.1) is 5.10 Å². The lowest BCUT2D eigenvalue weighted by atomic mass is 9.95. The highest BCUT2D eigenvalue weighted by Crippen LogP contribution is 2.41. The number of amides is 1. The smallest absolute Gasteiger partial charge is 0.255 e. The van der Waals surface area contributed by atoms with Crippen LogP contribution in [0, 0.1) is 0 Å². The standard InChI is InChI=1S/C26H22Cl2N6O3/c1-14-21(25(35)31-16-6-5-9-29-13-16)23(19-7-4-8-20(27)22(19)28)34-26(30-14)32-24(33-34)15-10-17(36-2)12-18(11-15)37-3/h4-13,23H,1-3H3,(H,31,35)(H,30,32,33). The Morgan fingerprint density at radius 3 is 2.51 bits per heavy atom. The summed E-state index contributed by atoms with van der Waals surface area (Å²) in [5.41, 5.74) is 2.83. The molecule has 0 aliphatic carbocycles. The number of ether oxygens (including phenoxy) is 2. The van der Waals surface area contributed by atoms with E-state index in [1.807, 2.05) is 18.2 Å². The number of allylic oxidation sites excluding steroid dienone is 1. The summed E-state index contributed by atoms with van der Waals surface area (Å²) >= 11 is 13.0. The zero-order valence-electron chi connectivity index (χ0n) is 20.1. The predicted octanol–water partition coefficient (Wildman–Crippen LogP) is 5.59. The maximum absolute atomic E-state index is 13.6. The second kappa shape index (κ2) is 10.1. The molecule has 1 aliphatic rings. The fraction of sp³-hybridized carbons (Fsp3) is 0.154. The van der Waals surface area contributed by atoms with Crippen LogP contribution in [0.1, 0.15) is 18.5 Å². The first kappa shape index (κ1) is 24.6. The van der Waals surface area contributed by atoms with Crippen molar-refractivity contribution in [3.63, 3.8) is 0 Å². The summed E-state index contributed by atoms with van der Waals surface area (Å²) in [5, 5.41) is 11.6. The van der Waals surface area contributed by atoms with Crippen molar-refractivity contribution in [3.8, 4) is 22.9 Å². The summed E-state index contributed by atoms with van der Waals surface area (Å²) in [6.45, 7) is 1.80. The number of nitrogens with zero attached hydrogens (tertiary/aromatic N) is 4. The third kappa shape index (κ3) is 4.71. The summed E-state index contributed by atoms with van der Waals surface area (Å²) in [6.07, 6.45) is 3.20. The SMILES string of the molecule is COc1cc(OC)cc(-c2nc3n(n2)C(c2cccc(Cl)c2Cl)C(C(=O)Nc2cccnc2)=C(C)N3)c1. The lowest BCUT2D eigenvalue weighted by molar-refractivity contribution is -0.113. The molecule has 5 rings (SSSR count). The lowest BCUT2D eigenvalue weighted by Gasteiger charge is -2.29. The van der Waals surface area contributed by atoms with E-state index >= 15 is 0 Å². The molecule has 1 unspecified atom stereocenters. The highest BCUT2D eigenvalue weighted by molar-refractivity contribution is 6.42. The van der Waals surface area contributed by atoms with E-state index in [0.29, 0.717) is 61.4 Å². The van der Waals surface area contributed by atoms with Crippen molar-refractivity contribution in [1.29, 1.82) is 0 Å². The van der Waals surface area contributed by atoms with Gasteiger partial charge in [0.1, 0.15) is 17.5 Å². The molecule has 0 radical (unpaired) electrons. The number of fused-ring (bicyclic) bond motifs is 1. The summed E-state index contributed by atoms with van der Waals surface area (Å²) in [7, 11) is 3.15. The van der Waals surface area contributed by atoms with Gasteiger partial charge in [0.2, 0.25) is 5.95 Å². The van der Waals surface area contributed by atoms with Gasteiger partial charge in [0.05, 0.1) is 41.7 Å². The van der Waals surface area contributed by atoms with Crippen molar-refractivity contribution in [2.75, 3.05) is 24.9 Å². The van der Waals surface area contributed by atoms with Crippen molar-refractivity contribution in [2.45, 2.75) is 13.0 Å². The Hall–Kier alpha value is -4.08. The molecule has 1 atom stereocenters. The van der Waals surface area contributed by atoms with Crippen LogP contribution in [-0.2, 0) is 4.79 Å². The first-order valence-corrected chi connectivity index (χ1v) is 12.0. The van der Waals surface area contributed by atoms with Gasteiger partial charge in [0.25, 0.3) is 5.91 Å². The van der Waals surface area contributed by atoms with Crippen LogP contribution in [0.15, 0.2) is 72.2 Å². The van der Waals surface area contributed by atoms with Crippen LogP contribution < -0.4 is 20.1 Å². The Kier molecular flexibility index (Phi) is 6.73. The van der Waals surface area contributed by atoms with E-state index in [4.69, 9.17) is 42.8 Å². The number of carbonyl (C=O) groups excluding carboxylic acids is 1. The molecule has 0 spiro atoms. The number of pyridine rings is 1. The molecule has 2 aromatic carbocycles. The van der Waals surface area contributed by atoms with Crippen LogP contribution in [0.3, 0.4) is 0 Å². The van der Waals surface area contributed by atoms with Crippen molar-refractivity contribution < 1.29 is 14.3 Å². The minimum atomic E-state index is -0.715. The molecule has 0 saturated heterocycles. The molecule has 4 aromatic rings. The number of methoxy groups -OCH3 is 2. The van der Waals surface area contributed by atoms with E-state index in [0.717, 1.165) is 0 Å². The summed E-state index contributed by atoms with van der Waals surface area (Å²) < 4.78 is 12.4. The molecule has 1 amide bonds. The maximum Gasteiger partial charge on any atom is 0.255 e. The highest BCUT2D eigenvalue weighted by Gasteiger charge is 2.36. The van der Waals surface area contributed by atoms with Gasteiger partial charge >= 0.3 is 0 Å². The normalized spacial score (nSPS) is 14.6. The largest absolute Gasteiger partial charge is 0.497 e. The Labute approximate surface area is 223 Å². The zero-order chi connectivity index (χ0) is 26.1. The van der Waals surface area contributed by atoms with Gasteiger partial charge in [-0.25, -0.2) is 4.68 Å². The Morgan fingerprint density at radius 2 is 1.84 bits per heavy atom. The van der Waals surface area contributed by atoms with Crippen molar-refractivity contribution in [1.82, 2.24) is 19.7 Å². The van der Waals surface area contributed by atoms with Crippen LogP contribution in [0.25, 0.3) is 11.4 Å².